The smallest absolute Gasteiger partial charge is 0.220 e. The number of aliphatic carboxylic acids is 1. The highest BCUT2D eigenvalue weighted by Crippen LogP contribution is 2.07. The quantitative estimate of drug-likeness (QED) is 0.107. The molecule has 0 radical (unpaired) electrons. The van der Waals surface area contributed by atoms with Crippen LogP contribution in [0.1, 0.15) is 77.6 Å². The third-order valence-electron chi connectivity index (χ3n) is 4.33. The minimum atomic E-state index is -1.09. The Morgan fingerprint density at radius 3 is 2.40 bits per heavy atom. The first kappa shape index (κ1) is 27.8. The molecule has 0 aliphatic rings. The van der Waals surface area contributed by atoms with Crippen LogP contribution in [0.3, 0.4) is 0 Å². The highest BCUT2D eigenvalue weighted by Gasteiger charge is 2.02. The minimum absolute atomic E-state index is 0.0265. The van der Waals surface area contributed by atoms with Crippen LogP contribution in [-0.2, 0) is 14.5 Å². The molecule has 6 heteroatoms. The van der Waals surface area contributed by atoms with Crippen molar-refractivity contribution < 1.29 is 24.8 Å². The topological polar surface area (TPSA) is 98.7 Å². The fourth-order valence-corrected chi connectivity index (χ4v) is 2.62. The molecule has 170 valence electrons. The molecule has 0 fully saturated rings. The number of carbonyl (C=O) groups is 2. The Balaban J connectivity index is 3.67. The molecule has 0 bridgehead atoms. The molecule has 0 saturated carbocycles. The van der Waals surface area contributed by atoms with Gasteiger partial charge in [0.2, 0.25) is 5.91 Å². The zero-order valence-electron chi connectivity index (χ0n) is 18.3. The maximum atomic E-state index is 11.5. The normalized spacial score (nSPS) is 13.1. The van der Waals surface area contributed by atoms with Gasteiger partial charge in [0.05, 0.1) is 0 Å². The van der Waals surface area contributed by atoms with E-state index in [4.69, 9.17) is 5.26 Å². The summed E-state index contributed by atoms with van der Waals surface area (Å²) in [4.78, 5) is 26.3. The van der Waals surface area contributed by atoms with Gasteiger partial charge in [-0.05, 0) is 44.9 Å². The van der Waals surface area contributed by atoms with Crippen molar-refractivity contribution in [3.63, 3.8) is 0 Å². The number of carbonyl (C=O) groups excluding carboxylic acids is 2. The van der Waals surface area contributed by atoms with Gasteiger partial charge in [-0.15, -0.1) is 0 Å². The Kier molecular flexibility index (Phi) is 20.0. The molecule has 0 unspecified atom stereocenters. The summed E-state index contributed by atoms with van der Waals surface area (Å²) in [6, 6.07) is 0. The number of unbranched alkanes of at least 4 members (excludes halogenated alkanes) is 3. The van der Waals surface area contributed by atoms with Crippen LogP contribution in [0.25, 0.3) is 0 Å². The number of carboxylic acid groups (broad SMARTS) is 1. The van der Waals surface area contributed by atoms with Gasteiger partial charge in [0.25, 0.3) is 0 Å². The number of amides is 1. The van der Waals surface area contributed by atoms with E-state index in [9.17, 15) is 14.7 Å². The van der Waals surface area contributed by atoms with Gasteiger partial charge in [0.1, 0.15) is 6.10 Å². The molecule has 0 aliphatic heterocycles. The lowest BCUT2D eigenvalue weighted by Crippen LogP contribution is -2.27. The average molecular weight is 421 g/mol. The van der Waals surface area contributed by atoms with Crippen molar-refractivity contribution in [3.8, 4) is 0 Å². The van der Waals surface area contributed by atoms with Crippen LogP contribution >= 0.6 is 0 Å². The maximum absolute atomic E-state index is 11.5. The standard InChI is InChI=1S/C24H39NO5/c1-2-3-13-17-22(30-29)18-14-11-9-7-5-4-6-8-10-12-15-19-23(26)25-21-16-20-24(27)28/h4-5,8-11,14,18,22,29H,2-3,6-7,12-13,15-17,19-21H2,1H3,(H,25,26)(H,27,28)/p-1/b5-4-,10-8-,11-9-,18-14+/t22-/m0/s1. The van der Waals surface area contributed by atoms with Crippen molar-refractivity contribution in [2.24, 2.45) is 0 Å². The molecule has 0 rings (SSSR count). The Bertz CT molecular complexity index is 552. The van der Waals surface area contributed by atoms with Crippen molar-refractivity contribution >= 4 is 11.9 Å². The van der Waals surface area contributed by atoms with Crippen molar-refractivity contribution in [1.82, 2.24) is 5.32 Å². The second kappa shape index (κ2) is 21.5. The summed E-state index contributed by atoms with van der Waals surface area (Å²) < 4.78 is 0. The molecular formula is C24H38NO5-. The first-order valence-corrected chi connectivity index (χ1v) is 11.0. The largest absolute Gasteiger partial charge is 0.550 e. The molecular weight excluding hydrogens is 382 g/mol. The van der Waals surface area contributed by atoms with Gasteiger partial charge in [-0.3, -0.25) is 10.1 Å². The van der Waals surface area contributed by atoms with Gasteiger partial charge in [-0.1, -0.05) is 74.8 Å². The molecule has 2 N–H and O–H groups in total. The highest BCUT2D eigenvalue weighted by molar-refractivity contribution is 5.75. The number of allylic oxidation sites excluding steroid dienone is 7. The molecule has 0 aliphatic carbocycles. The van der Waals surface area contributed by atoms with E-state index in [0.29, 0.717) is 19.4 Å². The summed E-state index contributed by atoms with van der Waals surface area (Å²) in [7, 11) is 0. The fourth-order valence-electron chi connectivity index (χ4n) is 2.62. The molecule has 0 aromatic heterocycles. The Hall–Kier alpha value is -2.18. The highest BCUT2D eigenvalue weighted by atomic mass is 17.1. The van der Waals surface area contributed by atoms with E-state index in [0.717, 1.165) is 51.4 Å². The summed E-state index contributed by atoms with van der Waals surface area (Å²) in [6.07, 6.45) is 24.2. The zero-order chi connectivity index (χ0) is 22.3. The van der Waals surface area contributed by atoms with Gasteiger partial charge >= 0.3 is 0 Å². The lowest BCUT2D eigenvalue weighted by atomic mass is 10.1. The fraction of sp³-hybridized carbons (Fsp3) is 0.583. The van der Waals surface area contributed by atoms with Crippen molar-refractivity contribution in [2.75, 3.05) is 6.54 Å². The Morgan fingerprint density at radius 1 is 0.967 bits per heavy atom. The lowest BCUT2D eigenvalue weighted by Gasteiger charge is -2.07. The summed E-state index contributed by atoms with van der Waals surface area (Å²) >= 11 is 0. The average Bonchev–Trinajstić information content (AvgIpc) is 2.73. The third kappa shape index (κ3) is 20.6. The second-order valence-electron chi connectivity index (χ2n) is 7.08. The molecule has 1 amide bonds. The van der Waals surface area contributed by atoms with E-state index < -0.39 is 5.97 Å². The predicted molar refractivity (Wildman–Crippen MR) is 119 cm³/mol. The molecule has 0 saturated heterocycles. The summed E-state index contributed by atoms with van der Waals surface area (Å²) in [5.74, 6) is -1.13. The summed E-state index contributed by atoms with van der Waals surface area (Å²) in [5.41, 5.74) is 0. The van der Waals surface area contributed by atoms with E-state index in [1.807, 2.05) is 24.3 Å². The third-order valence-corrected chi connectivity index (χ3v) is 4.33. The molecule has 0 spiro atoms. The first-order valence-electron chi connectivity index (χ1n) is 11.0. The van der Waals surface area contributed by atoms with Crippen molar-refractivity contribution in [2.45, 2.75) is 83.7 Å². The van der Waals surface area contributed by atoms with E-state index in [2.05, 4.69) is 41.4 Å². The first-order chi connectivity index (χ1) is 14.6. The Labute approximate surface area is 181 Å². The second-order valence-corrected chi connectivity index (χ2v) is 7.08. The van der Waals surface area contributed by atoms with Crippen LogP contribution < -0.4 is 10.4 Å². The van der Waals surface area contributed by atoms with Crippen LogP contribution in [0.5, 0.6) is 0 Å². The van der Waals surface area contributed by atoms with Crippen LogP contribution in [0.15, 0.2) is 48.6 Å². The van der Waals surface area contributed by atoms with Gasteiger partial charge in [-0.25, -0.2) is 4.89 Å². The molecule has 0 aromatic carbocycles. The molecule has 30 heavy (non-hydrogen) atoms. The maximum Gasteiger partial charge on any atom is 0.220 e. The summed E-state index contributed by atoms with van der Waals surface area (Å²) in [5, 5.41) is 21.8. The number of carboxylic acids is 1. The van der Waals surface area contributed by atoms with E-state index >= 15 is 0 Å². The van der Waals surface area contributed by atoms with Crippen LogP contribution in [-0.4, -0.2) is 29.8 Å². The minimum Gasteiger partial charge on any atom is -0.550 e. The SMILES string of the molecule is CCCCC[C@@H](/C=C/C=C\C/C=C\C/C=C\CCCC(=O)NCCCC(=O)[O-])OO. The van der Waals surface area contributed by atoms with Crippen LogP contribution in [0.2, 0.25) is 0 Å². The predicted octanol–water partition coefficient (Wildman–Crippen LogP) is 4.25. The molecule has 1 atom stereocenters. The monoisotopic (exact) mass is 420 g/mol. The van der Waals surface area contributed by atoms with Gasteiger partial charge in [-0.2, -0.15) is 0 Å². The van der Waals surface area contributed by atoms with Gasteiger partial charge in [0.15, 0.2) is 0 Å². The zero-order valence-corrected chi connectivity index (χ0v) is 18.3. The molecule has 0 aromatic rings. The van der Waals surface area contributed by atoms with E-state index in [-0.39, 0.29) is 18.4 Å². The van der Waals surface area contributed by atoms with Crippen molar-refractivity contribution in [1.29, 1.82) is 0 Å². The Morgan fingerprint density at radius 2 is 1.70 bits per heavy atom. The van der Waals surface area contributed by atoms with Gasteiger partial charge in [0, 0.05) is 18.9 Å². The molecule has 0 heterocycles. The lowest BCUT2D eigenvalue weighted by molar-refractivity contribution is -0.305. The number of rotatable bonds is 19. The van der Waals surface area contributed by atoms with Crippen LogP contribution in [0.4, 0.5) is 0 Å². The van der Waals surface area contributed by atoms with Gasteiger partial charge < -0.3 is 15.2 Å². The summed E-state index contributed by atoms with van der Waals surface area (Å²) in [6.45, 7) is 2.53. The van der Waals surface area contributed by atoms with E-state index in [1.165, 1.54) is 0 Å². The number of hydrogen-bond acceptors (Lipinski definition) is 5. The van der Waals surface area contributed by atoms with E-state index in [1.54, 1.807) is 0 Å². The number of nitrogens with one attached hydrogen (secondary N) is 1. The van der Waals surface area contributed by atoms with Crippen molar-refractivity contribution in [3.05, 3.63) is 48.6 Å². The number of hydrogen-bond donors (Lipinski definition) is 2. The molecule has 6 nitrogen and oxygen atoms in total. The van der Waals surface area contributed by atoms with Crippen LogP contribution in [0, 0.1) is 0 Å².